The van der Waals surface area contributed by atoms with E-state index in [2.05, 4.69) is 26.2 Å². The van der Waals surface area contributed by atoms with Crippen molar-refractivity contribution >= 4 is 21.6 Å². The van der Waals surface area contributed by atoms with E-state index < -0.39 is 0 Å². The third-order valence-electron chi connectivity index (χ3n) is 2.67. The molecule has 0 unspecified atom stereocenters. The number of aromatic nitrogens is 1. The molecule has 4 nitrogen and oxygen atoms in total. The summed E-state index contributed by atoms with van der Waals surface area (Å²) < 4.78 is 11.6. The van der Waals surface area contributed by atoms with Gasteiger partial charge in [-0.3, -0.25) is 4.98 Å². The Bertz CT molecular complexity index is 561. The first-order valence-electron chi connectivity index (χ1n) is 5.79. The monoisotopic (exact) mass is 322 g/mol. The number of nitrogens with zero attached hydrogens (tertiary/aromatic N) is 1. The van der Waals surface area contributed by atoms with Crippen molar-refractivity contribution in [2.24, 2.45) is 0 Å². The molecule has 2 rings (SSSR count). The van der Waals surface area contributed by atoms with Crippen molar-refractivity contribution in [3.63, 3.8) is 0 Å². The van der Waals surface area contributed by atoms with Crippen molar-refractivity contribution in [1.29, 1.82) is 0 Å². The molecule has 1 aromatic heterocycles. The van der Waals surface area contributed by atoms with Crippen molar-refractivity contribution in [2.75, 3.05) is 19.5 Å². The number of hydrogen-bond acceptors (Lipinski definition) is 4. The molecule has 0 atom stereocenters. The van der Waals surface area contributed by atoms with Gasteiger partial charge in [0.15, 0.2) is 11.5 Å². The summed E-state index contributed by atoms with van der Waals surface area (Å²) in [7, 11) is 3.27. The van der Waals surface area contributed by atoms with Gasteiger partial charge in [0.05, 0.1) is 26.1 Å². The van der Waals surface area contributed by atoms with Gasteiger partial charge < -0.3 is 14.8 Å². The number of methoxy groups -OCH3 is 2. The third-order valence-corrected chi connectivity index (χ3v) is 3.11. The number of ether oxygens (including phenoxy) is 2. The first-order valence-corrected chi connectivity index (χ1v) is 6.58. The Morgan fingerprint density at radius 1 is 1.21 bits per heavy atom. The van der Waals surface area contributed by atoms with Crippen molar-refractivity contribution in [3.05, 3.63) is 46.7 Å². The van der Waals surface area contributed by atoms with Crippen LogP contribution in [0.3, 0.4) is 0 Å². The van der Waals surface area contributed by atoms with E-state index in [1.807, 2.05) is 24.3 Å². The average molecular weight is 323 g/mol. The van der Waals surface area contributed by atoms with Gasteiger partial charge in [-0.15, -0.1) is 0 Å². The fourth-order valence-corrected chi connectivity index (χ4v) is 2.16. The van der Waals surface area contributed by atoms with Crippen molar-refractivity contribution in [2.45, 2.75) is 6.54 Å². The van der Waals surface area contributed by atoms with E-state index in [-0.39, 0.29) is 0 Å². The lowest BCUT2D eigenvalue weighted by Gasteiger charge is -2.13. The smallest absolute Gasteiger partial charge is 0.165 e. The quantitative estimate of drug-likeness (QED) is 0.915. The van der Waals surface area contributed by atoms with E-state index in [0.29, 0.717) is 6.54 Å². The maximum absolute atomic E-state index is 5.39. The van der Waals surface area contributed by atoms with E-state index in [9.17, 15) is 0 Å². The van der Waals surface area contributed by atoms with Crippen LogP contribution in [-0.2, 0) is 6.54 Å². The number of hydrogen-bond donors (Lipinski definition) is 1. The number of anilines is 1. The average Bonchev–Trinajstić information content (AvgIpc) is 2.44. The Hall–Kier alpha value is -1.75. The Kier molecular flexibility index (Phi) is 4.63. The fraction of sp³-hybridized carbons (Fsp3) is 0.214. The summed E-state index contributed by atoms with van der Waals surface area (Å²) >= 11 is 3.39. The highest BCUT2D eigenvalue weighted by atomic mass is 79.9. The Balaban J connectivity index is 2.15. The Morgan fingerprint density at radius 3 is 2.74 bits per heavy atom. The molecular weight excluding hydrogens is 308 g/mol. The van der Waals surface area contributed by atoms with Crippen LogP contribution < -0.4 is 14.8 Å². The van der Waals surface area contributed by atoms with E-state index >= 15 is 0 Å². The van der Waals surface area contributed by atoms with Crippen LogP contribution in [0, 0.1) is 0 Å². The van der Waals surface area contributed by atoms with Gasteiger partial charge in [-0.05, 0) is 28.1 Å². The van der Waals surface area contributed by atoms with Crippen LogP contribution in [-0.4, -0.2) is 19.2 Å². The van der Waals surface area contributed by atoms with Gasteiger partial charge >= 0.3 is 0 Å². The minimum Gasteiger partial charge on any atom is -0.493 e. The van der Waals surface area contributed by atoms with E-state index in [1.54, 1.807) is 26.6 Å². The minimum absolute atomic E-state index is 0.637. The molecule has 0 radical (unpaired) electrons. The second-order valence-electron chi connectivity index (χ2n) is 3.90. The summed E-state index contributed by atoms with van der Waals surface area (Å²) in [6.07, 6.45) is 3.52. The zero-order valence-corrected chi connectivity index (χ0v) is 12.4. The number of rotatable bonds is 5. The normalized spacial score (nSPS) is 10.1. The zero-order chi connectivity index (χ0) is 13.7. The molecule has 0 fully saturated rings. The van der Waals surface area contributed by atoms with Gasteiger partial charge in [-0.1, -0.05) is 12.1 Å². The second kappa shape index (κ2) is 6.43. The topological polar surface area (TPSA) is 43.4 Å². The second-order valence-corrected chi connectivity index (χ2v) is 4.81. The zero-order valence-electron chi connectivity index (χ0n) is 10.8. The highest BCUT2D eigenvalue weighted by Crippen LogP contribution is 2.31. The molecule has 0 amide bonds. The predicted molar refractivity (Wildman–Crippen MR) is 78.8 cm³/mol. The molecule has 1 aromatic carbocycles. The van der Waals surface area contributed by atoms with Crippen LogP contribution in [0.1, 0.15) is 5.56 Å². The van der Waals surface area contributed by atoms with Gasteiger partial charge in [0.2, 0.25) is 0 Å². The van der Waals surface area contributed by atoms with Gasteiger partial charge in [-0.25, -0.2) is 0 Å². The highest BCUT2D eigenvalue weighted by molar-refractivity contribution is 9.10. The van der Waals surface area contributed by atoms with E-state index in [4.69, 9.17) is 9.47 Å². The SMILES string of the molecule is COc1cccc(CNc2cncc(Br)c2)c1OC. The van der Waals surface area contributed by atoms with E-state index in [0.717, 1.165) is 27.2 Å². The number of pyridine rings is 1. The van der Waals surface area contributed by atoms with Crippen molar-refractivity contribution in [3.8, 4) is 11.5 Å². The first-order chi connectivity index (χ1) is 9.24. The summed E-state index contributed by atoms with van der Waals surface area (Å²) in [6.45, 7) is 0.637. The molecule has 0 spiro atoms. The molecule has 0 aliphatic carbocycles. The number of halogens is 1. The molecule has 0 bridgehead atoms. The number of nitrogens with one attached hydrogen (secondary N) is 1. The molecule has 19 heavy (non-hydrogen) atoms. The molecule has 0 aliphatic heterocycles. The van der Waals surface area contributed by atoms with Crippen LogP contribution in [0.2, 0.25) is 0 Å². The van der Waals surface area contributed by atoms with Crippen LogP contribution >= 0.6 is 15.9 Å². The summed E-state index contributed by atoms with van der Waals surface area (Å²) in [5, 5.41) is 3.30. The van der Waals surface area contributed by atoms with Gasteiger partial charge in [0.1, 0.15) is 0 Å². The molecule has 0 saturated heterocycles. The molecule has 1 heterocycles. The summed E-state index contributed by atoms with van der Waals surface area (Å²) in [5.41, 5.74) is 1.97. The molecular formula is C14H15BrN2O2. The van der Waals surface area contributed by atoms with Gasteiger partial charge in [0.25, 0.3) is 0 Å². The summed E-state index contributed by atoms with van der Waals surface area (Å²) in [5.74, 6) is 1.48. The molecule has 2 aromatic rings. The third kappa shape index (κ3) is 3.38. The maximum Gasteiger partial charge on any atom is 0.165 e. The van der Waals surface area contributed by atoms with E-state index in [1.165, 1.54) is 0 Å². The lowest BCUT2D eigenvalue weighted by molar-refractivity contribution is 0.352. The summed E-state index contributed by atoms with van der Waals surface area (Å²) in [4.78, 5) is 4.11. The lowest BCUT2D eigenvalue weighted by atomic mass is 10.2. The largest absolute Gasteiger partial charge is 0.493 e. The molecule has 1 N–H and O–H groups in total. The molecule has 0 saturated carbocycles. The van der Waals surface area contributed by atoms with Crippen LogP contribution in [0.5, 0.6) is 11.5 Å². The standard InChI is InChI=1S/C14H15BrN2O2/c1-18-13-5-3-4-10(14(13)19-2)7-17-12-6-11(15)8-16-9-12/h3-6,8-9,17H,7H2,1-2H3. The first kappa shape index (κ1) is 13.7. The maximum atomic E-state index is 5.39. The number of para-hydroxylation sites is 1. The molecule has 0 aliphatic rings. The van der Waals surface area contributed by atoms with Crippen molar-refractivity contribution in [1.82, 2.24) is 4.98 Å². The van der Waals surface area contributed by atoms with Gasteiger partial charge in [-0.2, -0.15) is 0 Å². The van der Waals surface area contributed by atoms with Crippen molar-refractivity contribution < 1.29 is 9.47 Å². The van der Waals surface area contributed by atoms with Crippen LogP contribution in [0.25, 0.3) is 0 Å². The molecule has 100 valence electrons. The fourth-order valence-electron chi connectivity index (χ4n) is 1.80. The number of benzene rings is 1. The molecule has 5 heteroatoms. The van der Waals surface area contributed by atoms with Crippen LogP contribution in [0.15, 0.2) is 41.1 Å². The van der Waals surface area contributed by atoms with Crippen LogP contribution in [0.4, 0.5) is 5.69 Å². The Labute approximate surface area is 120 Å². The van der Waals surface area contributed by atoms with Gasteiger partial charge in [0, 0.05) is 22.8 Å². The predicted octanol–water partition coefficient (Wildman–Crippen LogP) is 3.47. The summed E-state index contributed by atoms with van der Waals surface area (Å²) in [6, 6.07) is 7.79. The Morgan fingerprint density at radius 2 is 2.05 bits per heavy atom. The minimum atomic E-state index is 0.637. The lowest BCUT2D eigenvalue weighted by Crippen LogP contribution is -2.03. The highest BCUT2D eigenvalue weighted by Gasteiger charge is 2.08.